The Morgan fingerprint density at radius 1 is 1.25 bits per heavy atom. The van der Waals surface area contributed by atoms with Crippen molar-refractivity contribution in [2.24, 2.45) is 0 Å². The van der Waals surface area contributed by atoms with Crippen LogP contribution < -0.4 is 10.7 Å². The monoisotopic (exact) mass is 344 g/mol. The van der Waals surface area contributed by atoms with Crippen molar-refractivity contribution in [1.82, 2.24) is 4.57 Å². The average Bonchev–Trinajstić information content (AvgIpc) is 2.55. The van der Waals surface area contributed by atoms with Gasteiger partial charge in [0.2, 0.25) is 5.43 Å². The van der Waals surface area contributed by atoms with Crippen LogP contribution in [0.15, 0.2) is 53.5 Å². The van der Waals surface area contributed by atoms with Gasteiger partial charge in [-0.15, -0.1) is 0 Å². The van der Waals surface area contributed by atoms with Crippen LogP contribution in [0.1, 0.15) is 17.3 Å². The van der Waals surface area contributed by atoms with Crippen LogP contribution in [0.3, 0.4) is 0 Å². The van der Waals surface area contributed by atoms with Crippen LogP contribution in [0.5, 0.6) is 0 Å². The fourth-order valence-corrected chi connectivity index (χ4v) is 2.73. The smallest absolute Gasteiger partial charge is 0.261 e. The second kappa shape index (κ2) is 6.45. The number of benzene rings is 2. The van der Waals surface area contributed by atoms with Crippen LogP contribution in [0.2, 0.25) is 5.02 Å². The van der Waals surface area contributed by atoms with E-state index in [1.807, 2.05) is 6.92 Å². The van der Waals surface area contributed by atoms with E-state index in [1.165, 1.54) is 24.4 Å². The minimum Gasteiger partial charge on any atom is -0.347 e. The van der Waals surface area contributed by atoms with Crippen molar-refractivity contribution in [1.29, 1.82) is 0 Å². The summed E-state index contributed by atoms with van der Waals surface area (Å²) < 4.78 is 15.0. The molecule has 0 radical (unpaired) electrons. The SMILES string of the molecule is CCn1cc(C(=O)Nc2cccc(F)c2)c(=O)c2cc(Cl)ccc21. The van der Waals surface area contributed by atoms with Crippen molar-refractivity contribution in [3.63, 3.8) is 0 Å². The highest BCUT2D eigenvalue weighted by Gasteiger charge is 2.16. The zero-order valence-corrected chi connectivity index (χ0v) is 13.6. The molecule has 1 aromatic heterocycles. The number of nitrogens with one attached hydrogen (secondary N) is 1. The molecule has 3 aromatic rings. The minimum absolute atomic E-state index is 0.0177. The molecule has 0 bridgehead atoms. The Kier molecular flexibility index (Phi) is 4.36. The van der Waals surface area contributed by atoms with E-state index in [1.54, 1.807) is 28.8 Å². The molecule has 1 heterocycles. The maximum atomic E-state index is 13.2. The molecule has 6 heteroatoms. The van der Waals surface area contributed by atoms with Crippen molar-refractivity contribution in [3.05, 3.63) is 75.3 Å². The zero-order chi connectivity index (χ0) is 17.3. The first-order valence-corrected chi connectivity index (χ1v) is 7.77. The number of aryl methyl sites for hydroxylation is 1. The number of fused-ring (bicyclic) bond motifs is 1. The van der Waals surface area contributed by atoms with Gasteiger partial charge in [-0.25, -0.2) is 4.39 Å². The van der Waals surface area contributed by atoms with E-state index in [9.17, 15) is 14.0 Å². The Balaban J connectivity index is 2.10. The summed E-state index contributed by atoms with van der Waals surface area (Å²) in [6, 6.07) is 10.5. The Hall–Kier alpha value is -2.66. The number of anilines is 1. The van der Waals surface area contributed by atoms with E-state index in [-0.39, 0.29) is 11.3 Å². The molecule has 0 unspecified atom stereocenters. The molecular formula is C18H14ClFN2O2. The largest absolute Gasteiger partial charge is 0.347 e. The molecule has 0 atom stereocenters. The summed E-state index contributed by atoms with van der Waals surface area (Å²) >= 11 is 5.97. The topological polar surface area (TPSA) is 51.1 Å². The van der Waals surface area contributed by atoms with E-state index in [4.69, 9.17) is 11.6 Å². The quantitative estimate of drug-likeness (QED) is 0.778. The maximum absolute atomic E-state index is 13.2. The molecule has 0 aliphatic heterocycles. The lowest BCUT2D eigenvalue weighted by Crippen LogP contribution is -2.23. The van der Waals surface area contributed by atoms with Gasteiger partial charge in [-0.05, 0) is 43.3 Å². The standard InChI is InChI=1S/C18H14ClFN2O2/c1-2-22-10-15(17(23)14-8-11(19)6-7-16(14)22)18(24)21-13-5-3-4-12(20)9-13/h3-10H,2H2,1H3,(H,21,24). The number of hydrogen-bond donors (Lipinski definition) is 1. The van der Waals surface area contributed by atoms with E-state index in [0.29, 0.717) is 22.5 Å². The first-order chi connectivity index (χ1) is 11.5. The molecule has 24 heavy (non-hydrogen) atoms. The highest BCUT2D eigenvalue weighted by atomic mass is 35.5. The van der Waals surface area contributed by atoms with Crippen molar-refractivity contribution >= 4 is 34.1 Å². The number of halogens is 2. The van der Waals surface area contributed by atoms with Gasteiger partial charge in [-0.2, -0.15) is 0 Å². The van der Waals surface area contributed by atoms with Gasteiger partial charge in [-0.3, -0.25) is 9.59 Å². The molecule has 0 saturated heterocycles. The van der Waals surface area contributed by atoms with Gasteiger partial charge in [0.15, 0.2) is 0 Å². The van der Waals surface area contributed by atoms with Gasteiger partial charge in [0, 0.05) is 28.8 Å². The first-order valence-electron chi connectivity index (χ1n) is 7.39. The summed E-state index contributed by atoms with van der Waals surface area (Å²) in [6.07, 6.45) is 1.51. The van der Waals surface area contributed by atoms with Crippen LogP contribution in [0.4, 0.5) is 10.1 Å². The van der Waals surface area contributed by atoms with Gasteiger partial charge >= 0.3 is 0 Å². The number of nitrogens with zero attached hydrogens (tertiary/aromatic N) is 1. The Morgan fingerprint density at radius 3 is 2.75 bits per heavy atom. The Morgan fingerprint density at radius 2 is 2.04 bits per heavy atom. The molecule has 0 aliphatic carbocycles. The van der Waals surface area contributed by atoms with E-state index in [2.05, 4.69) is 5.32 Å². The van der Waals surface area contributed by atoms with Crippen LogP contribution in [-0.4, -0.2) is 10.5 Å². The van der Waals surface area contributed by atoms with Gasteiger partial charge in [-0.1, -0.05) is 17.7 Å². The third-order valence-electron chi connectivity index (χ3n) is 3.71. The van der Waals surface area contributed by atoms with Crippen LogP contribution >= 0.6 is 11.6 Å². The highest BCUT2D eigenvalue weighted by Crippen LogP contribution is 2.18. The van der Waals surface area contributed by atoms with Gasteiger partial charge in [0.05, 0.1) is 5.52 Å². The molecule has 4 nitrogen and oxygen atoms in total. The normalized spacial score (nSPS) is 10.8. The molecule has 0 spiro atoms. The summed E-state index contributed by atoms with van der Waals surface area (Å²) in [5, 5.41) is 3.34. The number of rotatable bonds is 3. The lowest BCUT2D eigenvalue weighted by molar-refractivity contribution is 0.102. The molecular weight excluding hydrogens is 331 g/mol. The number of pyridine rings is 1. The maximum Gasteiger partial charge on any atom is 0.261 e. The third-order valence-corrected chi connectivity index (χ3v) is 3.95. The summed E-state index contributed by atoms with van der Waals surface area (Å²) in [5.41, 5.74) is 0.560. The van der Waals surface area contributed by atoms with Crippen LogP contribution in [0.25, 0.3) is 10.9 Å². The van der Waals surface area contributed by atoms with Crippen molar-refractivity contribution < 1.29 is 9.18 Å². The molecule has 122 valence electrons. The summed E-state index contributed by atoms with van der Waals surface area (Å²) in [7, 11) is 0. The molecule has 0 aliphatic rings. The fraction of sp³-hybridized carbons (Fsp3) is 0.111. The van der Waals surface area contributed by atoms with Crippen molar-refractivity contribution in [3.8, 4) is 0 Å². The second-order valence-electron chi connectivity index (χ2n) is 5.28. The van der Waals surface area contributed by atoms with E-state index in [0.717, 1.165) is 0 Å². The number of carbonyl (C=O) groups is 1. The number of aromatic nitrogens is 1. The first kappa shape index (κ1) is 16.2. The molecule has 2 aromatic carbocycles. The number of amides is 1. The lowest BCUT2D eigenvalue weighted by Gasteiger charge is -2.12. The predicted octanol–water partition coefficient (Wildman–Crippen LogP) is 4.07. The number of hydrogen-bond acceptors (Lipinski definition) is 2. The summed E-state index contributed by atoms with van der Waals surface area (Å²) in [5.74, 6) is -1.06. The molecule has 0 saturated carbocycles. The van der Waals surface area contributed by atoms with Crippen LogP contribution in [-0.2, 0) is 6.54 Å². The van der Waals surface area contributed by atoms with Crippen molar-refractivity contribution in [2.45, 2.75) is 13.5 Å². The Labute approximate surface area is 142 Å². The fourth-order valence-electron chi connectivity index (χ4n) is 2.56. The average molecular weight is 345 g/mol. The van der Waals surface area contributed by atoms with Gasteiger partial charge < -0.3 is 9.88 Å². The van der Waals surface area contributed by atoms with Crippen LogP contribution in [0, 0.1) is 5.82 Å². The lowest BCUT2D eigenvalue weighted by atomic mass is 10.1. The summed E-state index contributed by atoms with van der Waals surface area (Å²) in [6.45, 7) is 2.49. The highest BCUT2D eigenvalue weighted by molar-refractivity contribution is 6.31. The predicted molar refractivity (Wildman–Crippen MR) is 93.2 cm³/mol. The van der Waals surface area contributed by atoms with E-state index >= 15 is 0 Å². The molecule has 3 rings (SSSR count). The molecule has 1 N–H and O–H groups in total. The molecule has 1 amide bonds. The third kappa shape index (κ3) is 3.03. The number of carbonyl (C=O) groups excluding carboxylic acids is 1. The van der Waals surface area contributed by atoms with Crippen molar-refractivity contribution in [2.75, 3.05) is 5.32 Å². The van der Waals surface area contributed by atoms with E-state index < -0.39 is 17.2 Å². The minimum atomic E-state index is -0.588. The zero-order valence-electron chi connectivity index (χ0n) is 12.8. The Bertz CT molecular complexity index is 998. The summed E-state index contributed by atoms with van der Waals surface area (Å²) in [4.78, 5) is 25.1. The second-order valence-corrected chi connectivity index (χ2v) is 5.72. The van der Waals surface area contributed by atoms with Gasteiger partial charge in [0.25, 0.3) is 5.91 Å². The molecule has 0 fully saturated rings. The van der Waals surface area contributed by atoms with Gasteiger partial charge in [0.1, 0.15) is 11.4 Å².